The number of hydrogen-bond donors (Lipinski definition) is 2. The van der Waals surface area contributed by atoms with Gasteiger partial charge in [-0.2, -0.15) is 5.10 Å². The number of aromatic nitrogens is 2. The van der Waals surface area contributed by atoms with Crippen LogP contribution in [0.2, 0.25) is 5.02 Å². The van der Waals surface area contributed by atoms with Gasteiger partial charge in [0.15, 0.2) is 0 Å². The number of nitrogens with one attached hydrogen (secondary N) is 2. The molecule has 11 heteroatoms. The van der Waals surface area contributed by atoms with E-state index in [4.69, 9.17) is 21.1 Å². The zero-order valence-electron chi connectivity index (χ0n) is 23.1. The zero-order valence-corrected chi connectivity index (χ0v) is 23.9. The van der Waals surface area contributed by atoms with Crippen molar-refractivity contribution in [1.82, 2.24) is 20.4 Å². The molecule has 4 rings (SSSR count). The fourth-order valence-corrected chi connectivity index (χ4v) is 4.39. The van der Waals surface area contributed by atoms with Gasteiger partial charge in [-0.05, 0) is 43.2 Å². The third-order valence-corrected chi connectivity index (χ3v) is 6.72. The Bertz CT molecular complexity index is 1550. The van der Waals surface area contributed by atoms with Crippen molar-refractivity contribution in [2.45, 2.75) is 39.6 Å². The third-order valence-electron chi connectivity index (χ3n) is 6.27. The highest BCUT2D eigenvalue weighted by molar-refractivity contribution is 6.33. The van der Waals surface area contributed by atoms with Gasteiger partial charge in [0.2, 0.25) is 0 Å². The van der Waals surface area contributed by atoms with Gasteiger partial charge >= 0.3 is 12.1 Å². The van der Waals surface area contributed by atoms with Gasteiger partial charge in [-0.15, -0.1) is 0 Å². The van der Waals surface area contributed by atoms with Crippen molar-refractivity contribution in [3.05, 3.63) is 112 Å². The Kier molecular flexibility index (Phi) is 10.3. The van der Waals surface area contributed by atoms with E-state index < -0.39 is 29.8 Å². The fraction of sp³-hybridized carbons (Fsp3) is 0.226. The topological polar surface area (TPSA) is 112 Å². The summed E-state index contributed by atoms with van der Waals surface area (Å²) in [6.07, 6.45) is -0.874. The number of aryl methyl sites for hydroxylation is 2. The highest BCUT2D eigenvalue weighted by Gasteiger charge is 2.25. The number of esters is 1. The highest BCUT2D eigenvalue weighted by atomic mass is 35.5. The first-order valence-corrected chi connectivity index (χ1v) is 13.6. The van der Waals surface area contributed by atoms with Crippen molar-refractivity contribution >= 4 is 29.6 Å². The third kappa shape index (κ3) is 7.94. The van der Waals surface area contributed by atoms with E-state index in [1.165, 1.54) is 12.1 Å². The van der Waals surface area contributed by atoms with Gasteiger partial charge in [-0.3, -0.25) is 9.48 Å². The van der Waals surface area contributed by atoms with Crippen LogP contribution in [0.4, 0.5) is 9.18 Å². The van der Waals surface area contributed by atoms with Crippen LogP contribution in [0.25, 0.3) is 11.3 Å². The van der Waals surface area contributed by atoms with E-state index in [2.05, 4.69) is 15.7 Å². The molecular formula is C31H30ClFN4O5. The summed E-state index contributed by atoms with van der Waals surface area (Å²) in [7, 11) is 0. The number of nitrogens with zero attached hydrogens (tertiary/aromatic N) is 2. The standard InChI is InChI=1S/C31H30ClFN4O5/c1-3-37-28(27(32)20(2)36-37)23-14-24(16-25(33)15-23)29(38)34-17-26(30(39)41-18-21-10-6-4-7-11-21)35-31(40)42-19-22-12-8-5-9-13-22/h4-16,26H,3,17-19H2,1-2H3,(H,34,38)(H,35,40)/t26-/m1/s1. The Hall–Kier alpha value is -4.70. The second-order valence-electron chi connectivity index (χ2n) is 9.35. The molecule has 2 amide bonds. The fourth-order valence-electron chi connectivity index (χ4n) is 4.15. The lowest BCUT2D eigenvalue weighted by molar-refractivity contribution is -0.147. The number of carbonyl (C=O) groups is 3. The van der Waals surface area contributed by atoms with Crippen LogP contribution in [0.15, 0.2) is 78.9 Å². The van der Waals surface area contributed by atoms with Crippen LogP contribution in [0.5, 0.6) is 0 Å². The van der Waals surface area contributed by atoms with E-state index in [-0.39, 0.29) is 25.3 Å². The maximum Gasteiger partial charge on any atom is 0.408 e. The van der Waals surface area contributed by atoms with Crippen LogP contribution >= 0.6 is 11.6 Å². The van der Waals surface area contributed by atoms with E-state index in [0.29, 0.717) is 28.5 Å². The molecule has 3 aromatic carbocycles. The molecule has 0 bridgehead atoms. The normalized spacial score (nSPS) is 11.4. The molecule has 0 saturated carbocycles. The molecule has 2 N–H and O–H groups in total. The summed E-state index contributed by atoms with van der Waals surface area (Å²) in [5.41, 5.74) is 2.92. The maximum absolute atomic E-state index is 14.6. The predicted molar refractivity (Wildman–Crippen MR) is 155 cm³/mol. The molecule has 1 heterocycles. The van der Waals surface area contributed by atoms with E-state index >= 15 is 0 Å². The minimum absolute atomic E-state index is 0.00868. The monoisotopic (exact) mass is 592 g/mol. The van der Waals surface area contributed by atoms with Gasteiger partial charge in [0.25, 0.3) is 5.91 Å². The van der Waals surface area contributed by atoms with Crippen LogP contribution in [-0.4, -0.2) is 40.3 Å². The molecule has 1 atom stereocenters. The van der Waals surface area contributed by atoms with Crippen molar-refractivity contribution in [3.63, 3.8) is 0 Å². The first kappa shape index (κ1) is 30.3. The molecule has 0 aliphatic heterocycles. The summed E-state index contributed by atoms with van der Waals surface area (Å²) in [5.74, 6) is -2.12. The second kappa shape index (κ2) is 14.3. The van der Waals surface area contributed by atoms with Gasteiger partial charge in [-0.1, -0.05) is 72.3 Å². The Morgan fingerprint density at radius 3 is 2.19 bits per heavy atom. The average Bonchev–Trinajstić information content (AvgIpc) is 3.30. The first-order valence-electron chi connectivity index (χ1n) is 13.2. The quantitative estimate of drug-likeness (QED) is 0.224. The summed E-state index contributed by atoms with van der Waals surface area (Å²) >= 11 is 6.43. The largest absolute Gasteiger partial charge is 0.459 e. The molecule has 42 heavy (non-hydrogen) atoms. The number of hydrogen-bond acceptors (Lipinski definition) is 6. The van der Waals surface area contributed by atoms with E-state index in [1.807, 2.05) is 19.1 Å². The minimum Gasteiger partial charge on any atom is -0.459 e. The van der Waals surface area contributed by atoms with Gasteiger partial charge in [-0.25, -0.2) is 14.0 Å². The highest BCUT2D eigenvalue weighted by Crippen LogP contribution is 2.31. The Morgan fingerprint density at radius 1 is 0.952 bits per heavy atom. The van der Waals surface area contributed by atoms with Gasteiger partial charge in [0.05, 0.1) is 16.4 Å². The predicted octanol–water partition coefficient (Wildman–Crippen LogP) is 5.44. The Labute approximate surface area is 247 Å². The Balaban J connectivity index is 1.47. The van der Waals surface area contributed by atoms with Crippen molar-refractivity contribution in [2.24, 2.45) is 0 Å². The molecule has 0 aliphatic rings. The lowest BCUT2D eigenvalue weighted by atomic mass is 10.1. The summed E-state index contributed by atoms with van der Waals surface area (Å²) in [6, 6.07) is 20.5. The van der Waals surface area contributed by atoms with Crippen LogP contribution in [0.3, 0.4) is 0 Å². The number of alkyl carbamates (subject to hydrolysis) is 1. The number of carbonyl (C=O) groups excluding carboxylic acids is 3. The summed E-state index contributed by atoms with van der Waals surface area (Å²) in [5, 5.41) is 9.73. The average molecular weight is 593 g/mol. The van der Waals surface area contributed by atoms with Gasteiger partial charge < -0.3 is 20.1 Å². The molecule has 0 spiro atoms. The van der Waals surface area contributed by atoms with Gasteiger partial charge in [0.1, 0.15) is 25.1 Å². The van der Waals surface area contributed by atoms with Gasteiger partial charge in [0, 0.05) is 24.2 Å². The molecule has 4 aromatic rings. The second-order valence-corrected chi connectivity index (χ2v) is 9.73. The van der Waals surface area contributed by atoms with Crippen molar-refractivity contribution in [3.8, 4) is 11.3 Å². The zero-order chi connectivity index (χ0) is 30.1. The first-order chi connectivity index (χ1) is 20.2. The number of ether oxygens (including phenoxy) is 2. The molecule has 0 aliphatic carbocycles. The molecule has 0 unspecified atom stereocenters. The van der Waals surface area contributed by atoms with Crippen molar-refractivity contribution in [2.75, 3.05) is 6.54 Å². The number of amides is 2. The van der Waals surface area contributed by atoms with Crippen molar-refractivity contribution < 1.29 is 28.2 Å². The van der Waals surface area contributed by atoms with E-state index in [0.717, 1.165) is 17.2 Å². The number of benzene rings is 3. The molecule has 218 valence electrons. The number of rotatable bonds is 11. The van der Waals surface area contributed by atoms with Crippen LogP contribution in [0, 0.1) is 12.7 Å². The van der Waals surface area contributed by atoms with E-state index in [1.54, 1.807) is 60.1 Å². The lowest BCUT2D eigenvalue weighted by Gasteiger charge is -2.18. The van der Waals surface area contributed by atoms with E-state index in [9.17, 15) is 18.8 Å². The number of halogens is 2. The Morgan fingerprint density at radius 2 is 1.57 bits per heavy atom. The maximum atomic E-state index is 14.6. The summed E-state index contributed by atoms with van der Waals surface area (Å²) < 4.78 is 26.9. The van der Waals surface area contributed by atoms with Crippen LogP contribution in [-0.2, 0) is 34.0 Å². The van der Waals surface area contributed by atoms with Crippen molar-refractivity contribution in [1.29, 1.82) is 0 Å². The summed E-state index contributed by atoms with van der Waals surface area (Å²) in [4.78, 5) is 38.6. The lowest BCUT2D eigenvalue weighted by Crippen LogP contribution is -2.49. The van der Waals surface area contributed by atoms with Crippen LogP contribution < -0.4 is 10.6 Å². The molecular weight excluding hydrogens is 563 g/mol. The molecule has 0 radical (unpaired) electrons. The SMILES string of the molecule is CCn1nc(C)c(Cl)c1-c1cc(F)cc(C(=O)NC[C@@H](NC(=O)OCc2ccccc2)C(=O)OCc2ccccc2)c1. The molecule has 0 fully saturated rings. The molecule has 9 nitrogen and oxygen atoms in total. The minimum atomic E-state index is -1.28. The van der Waals surface area contributed by atoms with Crippen LogP contribution in [0.1, 0.15) is 34.1 Å². The smallest absolute Gasteiger partial charge is 0.408 e. The summed E-state index contributed by atoms with van der Waals surface area (Å²) in [6.45, 7) is 3.69. The molecule has 1 aromatic heterocycles. The molecule has 0 saturated heterocycles.